The number of ether oxygens (including phenoxy) is 2. The number of guanidine groups is 1. The summed E-state index contributed by atoms with van der Waals surface area (Å²) in [6.45, 7) is 6.91. The van der Waals surface area contributed by atoms with Gasteiger partial charge in [0.1, 0.15) is 18.2 Å². The molecule has 1 atom stereocenters. The van der Waals surface area contributed by atoms with E-state index in [0.29, 0.717) is 13.2 Å². The van der Waals surface area contributed by atoms with Gasteiger partial charge in [0.2, 0.25) is 0 Å². The molecule has 8 heteroatoms. The molecule has 1 aliphatic rings. The third-order valence-corrected chi connectivity index (χ3v) is 4.95. The number of aliphatic imine (C=N–C) groups is 1. The largest absolute Gasteiger partial charge is 0.496 e. The van der Waals surface area contributed by atoms with E-state index in [1.807, 2.05) is 10.7 Å². The fourth-order valence-electron chi connectivity index (χ4n) is 3.57. The lowest BCUT2D eigenvalue weighted by Gasteiger charge is -2.25. The number of hydrogen-bond donors (Lipinski definition) is 2. The van der Waals surface area contributed by atoms with Gasteiger partial charge in [-0.1, -0.05) is 17.7 Å². The summed E-state index contributed by atoms with van der Waals surface area (Å²) >= 11 is 0. The van der Waals surface area contributed by atoms with Gasteiger partial charge in [0.25, 0.3) is 0 Å². The van der Waals surface area contributed by atoms with Crippen molar-refractivity contribution in [3.8, 4) is 5.75 Å². The highest BCUT2D eigenvalue weighted by Crippen LogP contribution is 2.20. The Kier molecular flexibility index (Phi) is 7.46. The van der Waals surface area contributed by atoms with E-state index in [4.69, 9.17) is 14.5 Å². The van der Waals surface area contributed by atoms with Crippen molar-refractivity contribution in [2.45, 2.75) is 52.3 Å². The van der Waals surface area contributed by atoms with Gasteiger partial charge in [0, 0.05) is 32.7 Å². The van der Waals surface area contributed by atoms with Crippen LogP contribution in [0, 0.1) is 6.92 Å². The minimum Gasteiger partial charge on any atom is -0.496 e. The fourth-order valence-corrected chi connectivity index (χ4v) is 3.57. The normalized spacial score (nSPS) is 16.4. The fraction of sp³-hybridized carbons (Fsp3) is 0.571. The SMILES string of the molecule is CCNC(=NCCc1cc(C)ccc1OC)NC1CCc2nc(COC)nn2C1. The number of hydrogen-bond acceptors (Lipinski definition) is 5. The minimum atomic E-state index is 0.269. The molecule has 29 heavy (non-hydrogen) atoms. The molecule has 3 rings (SSSR count). The predicted molar refractivity (Wildman–Crippen MR) is 113 cm³/mol. The molecule has 0 fully saturated rings. The van der Waals surface area contributed by atoms with Crippen molar-refractivity contribution in [1.82, 2.24) is 25.4 Å². The Hall–Kier alpha value is -2.61. The highest BCUT2D eigenvalue weighted by molar-refractivity contribution is 5.80. The van der Waals surface area contributed by atoms with Gasteiger partial charge in [-0.3, -0.25) is 4.99 Å². The topological polar surface area (TPSA) is 85.6 Å². The van der Waals surface area contributed by atoms with E-state index in [1.165, 1.54) is 11.1 Å². The van der Waals surface area contributed by atoms with E-state index in [2.05, 4.69) is 46.7 Å². The van der Waals surface area contributed by atoms with Crippen LogP contribution in [0.2, 0.25) is 0 Å². The molecule has 0 aliphatic carbocycles. The maximum absolute atomic E-state index is 5.48. The molecule has 1 aromatic carbocycles. The Morgan fingerprint density at radius 1 is 1.34 bits per heavy atom. The molecule has 0 saturated carbocycles. The predicted octanol–water partition coefficient (Wildman–Crippen LogP) is 1.85. The molecule has 1 unspecified atom stereocenters. The van der Waals surface area contributed by atoms with E-state index < -0.39 is 0 Å². The molecule has 2 aromatic rings. The van der Waals surface area contributed by atoms with Gasteiger partial charge in [-0.25, -0.2) is 9.67 Å². The molecule has 2 N–H and O–H groups in total. The summed E-state index contributed by atoms with van der Waals surface area (Å²) in [6, 6.07) is 6.52. The van der Waals surface area contributed by atoms with Crippen molar-refractivity contribution >= 4 is 5.96 Å². The van der Waals surface area contributed by atoms with Crippen LogP contribution < -0.4 is 15.4 Å². The van der Waals surface area contributed by atoms with Crippen LogP contribution in [0.4, 0.5) is 0 Å². The number of rotatable bonds is 8. The van der Waals surface area contributed by atoms with Gasteiger partial charge in [-0.2, -0.15) is 5.10 Å². The maximum Gasteiger partial charge on any atom is 0.191 e. The second kappa shape index (κ2) is 10.2. The quantitative estimate of drug-likeness (QED) is 0.520. The summed E-state index contributed by atoms with van der Waals surface area (Å²) in [7, 11) is 3.37. The van der Waals surface area contributed by atoms with Crippen molar-refractivity contribution in [1.29, 1.82) is 0 Å². The van der Waals surface area contributed by atoms with Crippen molar-refractivity contribution < 1.29 is 9.47 Å². The first-order valence-corrected chi connectivity index (χ1v) is 10.2. The minimum absolute atomic E-state index is 0.269. The zero-order valence-electron chi connectivity index (χ0n) is 17.9. The number of nitrogens with one attached hydrogen (secondary N) is 2. The highest BCUT2D eigenvalue weighted by Gasteiger charge is 2.22. The van der Waals surface area contributed by atoms with Gasteiger partial charge >= 0.3 is 0 Å². The van der Waals surface area contributed by atoms with Crippen LogP contribution in [-0.2, 0) is 30.7 Å². The molecular weight excluding hydrogens is 368 g/mol. The van der Waals surface area contributed by atoms with E-state index in [1.54, 1.807) is 14.2 Å². The Bertz CT molecular complexity index is 833. The highest BCUT2D eigenvalue weighted by atomic mass is 16.5. The number of fused-ring (bicyclic) bond motifs is 1. The third kappa shape index (κ3) is 5.69. The van der Waals surface area contributed by atoms with E-state index in [-0.39, 0.29) is 6.04 Å². The van der Waals surface area contributed by atoms with Gasteiger partial charge in [0.05, 0.1) is 13.7 Å². The average molecular weight is 401 g/mol. The van der Waals surface area contributed by atoms with Crippen molar-refractivity contribution in [2.75, 3.05) is 27.3 Å². The molecule has 1 aromatic heterocycles. The first kappa shape index (κ1) is 21.1. The molecule has 1 aliphatic heterocycles. The van der Waals surface area contributed by atoms with Crippen LogP contribution in [0.15, 0.2) is 23.2 Å². The van der Waals surface area contributed by atoms with Crippen molar-refractivity contribution in [3.63, 3.8) is 0 Å². The first-order chi connectivity index (χ1) is 14.1. The Morgan fingerprint density at radius 3 is 2.97 bits per heavy atom. The van der Waals surface area contributed by atoms with Gasteiger partial charge < -0.3 is 20.1 Å². The second-order valence-electron chi connectivity index (χ2n) is 7.27. The van der Waals surface area contributed by atoms with Crippen molar-refractivity contribution in [3.05, 3.63) is 41.0 Å². The lowest BCUT2D eigenvalue weighted by molar-refractivity contribution is 0.177. The monoisotopic (exact) mass is 400 g/mol. The van der Waals surface area contributed by atoms with Crippen molar-refractivity contribution in [2.24, 2.45) is 4.99 Å². The number of aryl methyl sites for hydroxylation is 2. The molecule has 0 bridgehead atoms. The maximum atomic E-state index is 5.48. The molecule has 0 spiro atoms. The molecule has 8 nitrogen and oxygen atoms in total. The molecule has 2 heterocycles. The molecule has 0 amide bonds. The number of nitrogens with zero attached hydrogens (tertiary/aromatic N) is 4. The van der Waals surface area contributed by atoms with Crippen LogP contribution in [0.1, 0.15) is 36.1 Å². The summed E-state index contributed by atoms with van der Waals surface area (Å²) in [5.41, 5.74) is 2.41. The van der Waals surface area contributed by atoms with E-state index in [0.717, 1.165) is 55.7 Å². The lowest BCUT2D eigenvalue weighted by atomic mass is 10.1. The van der Waals surface area contributed by atoms with Gasteiger partial charge in [0.15, 0.2) is 11.8 Å². The summed E-state index contributed by atoms with van der Waals surface area (Å²) in [4.78, 5) is 9.31. The standard InChI is InChI=1S/C21H32N6O2/c1-5-22-21(23-11-10-16-12-15(2)6-8-18(16)29-4)24-17-7-9-20-25-19(14-28-3)26-27(20)13-17/h6,8,12,17H,5,7,9-11,13-14H2,1-4H3,(H2,22,23,24). The zero-order valence-corrected chi connectivity index (χ0v) is 17.9. The number of benzene rings is 1. The second-order valence-corrected chi connectivity index (χ2v) is 7.27. The van der Waals surface area contributed by atoms with E-state index in [9.17, 15) is 0 Å². The molecule has 0 saturated heterocycles. The summed E-state index contributed by atoms with van der Waals surface area (Å²) in [5, 5.41) is 11.4. The van der Waals surface area contributed by atoms with Crippen LogP contribution in [0.25, 0.3) is 0 Å². The molecule has 0 radical (unpaired) electrons. The van der Waals surface area contributed by atoms with Crippen LogP contribution in [0.3, 0.4) is 0 Å². The number of aromatic nitrogens is 3. The average Bonchev–Trinajstić information content (AvgIpc) is 3.10. The van der Waals surface area contributed by atoms with Gasteiger partial charge in [-0.15, -0.1) is 0 Å². The molecule has 158 valence electrons. The third-order valence-electron chi connectivity index (χ3n) is 4.95. The number of methoxy groups -OCH3 is 2. The smallest absolute Gasteiger partial charge is 0.191 e. The van der Waals surface area contributed by atoms with E-state index >= 15 is 0 Å². The Labute approximate surface area is 172 Å². The summed E-state index contributed by atoms with van der Waals surface area (Å²) < 4.78 is 12.6. The molecular formula is C21H32N6O2. The summed E-state index contributed by atoms with van der Waals surface area (Å²) in [5.74, 6) is 3.53. The van der Waals surface area contributed by atoms with Crippen LogP contribution >= 0.6 is 0 Å². The lowest BCUT2D eigenvalue weighted by Crippen LogP contribution is -2.47. The Morgan fingerprint density at radius 2 is 2.21 bits per heavy atom. The Balaban J connectivity index is 1.60. The zero-order chi connectivity index (χ0) is 20.6. The van der Waals surface area contributed by atoms with Crippen LogP contribution in [-0.4, -0.2) is 54.1 Å². The summed E-state index contributed by atoms with van der Waals surface area (Å²) in [6.07, 6.45) is 2.73. The van der Waals surface area contributed by atoms with Gasteiger partial charge in [-0.05, 0) is 38.3 Å². The van der Waals surface area contributed by atoms with Crippen LogP contribution in [0.5, 0.6) is 5.75 Å². The first-order valence-electron chi connectivity index (χ1n) is 10.2.